The second-order valence-electron chi connectivity index (χ2n) is 21.9. The molecule has 2 nitrogen and oxygen atoms in total. The monoisotopic (exact) mass is 851 g/mol. The standard InChI is InChI=1S/C60H74N2Si/c1-15-16-17-18-22-42-23-21-24-43(33-42)44-27-28-53-55(34-44)57(54-26-20-19-25-52(54)56(53)61-48-30-41(3)32-51(39-48)63(13)14)62(49-31-40(2)29-45(36-49)58(4,5)6)50-37-46(59(7,8)9)35-47(38-50)60(10,11)12/h19-21,23-39,61,63H,15-18,22H2,1-14H3. The molecule has 0 aliphatic rings. The number of anilines is 5. The van der Waals surface area contributed by atoms with Gasteiger partial charge in [-0.05, 0) is 130 Å². The van der Waals surface area contributed by atoms with Crippen LogP contribution in [0.5, 0.6) is 0 Å². The highest BCUT2D eigenvalue weighted by Gasteiger charge is 2.28. The molecule has 0 radical (unpaired) electrons. The molecule has 0 fully saturated rings. The van der Waals surface area contributed by atoms with Gasteiger partial charge in [0.25, 0.3) is 0 Å². The number of aryl methyl sites for hydroxylation is 3. The molecule has 328 valence electrons. The first-order valence-corrected chi connectivity index (χ1v) is 26.6. The van der Waals surface area contributed by atoms with Gasteiger partial charge in [0.1, 0.15) is 0 Å². The number of rotatable bonds is 12. The summed E-state index contributed by atoms with van der Waals surface area (Å²) in [6.07, 6.45) is 6.17. The predicted octanol–water partition coefficient (Wildman–Crippen LogP) is 17.2. The van der Waals surface area contributed by atoms with Crippen molar-refractivity contribution in [1.82, 2.24) is 0 Å². The van der Waals surface area contributed by atoms with Crippen molar-refractivity contribution in [3.8, 4) is 11.1 Å². The fourth-order valence-corrected chi connectivity index (χ4v) is 10.2. The average Bonchev–Trinajstić information content (AvgIpc) is 3.22. The maximum atomic E-state index is 4.07. The van der Waals surface area contributed by atoms with Gasteiger partial charge >= 0.3 is 0 Å². The third kappa shape index (κ3) is 10.3. The zero-order valence-corrected chi connectivity index (χ0v) is 42.3. The molecule has 63 heavy (non-hydrogen) atoms. The second kappa shape index (κ2) is 18.2. The fourth-order valence-electron chi connectivity index (χ4n) is 9.07. The fraction of sp³-hybridized carbons (Fsp3) is 0.367. The zero-order valence-electron chi connectivity index (χ0n) is 41.1. The van der Waals surface area contributed by atoms with Gasteiger partial charge in [-0.15, -0.1) is 0 Å². The normalized spacial score (nSPS) is 12.4. The Morgan fingerprint density at radius 2 is 1.10 bits per heavy atom. The Morgan fingerprint density at radius 3 is 1.73 bits per heavy atom. The van der Waals surface area contributed by atoms with Gasteiger partial charge in [-0.3, -0.25) is 0 Å². The van der Waals surface area contributed by atoms with E-state index < -0.39 is 8.80 Å². The summed E-state index contributed by atoms with van der Waals surface area (Å²) in [6, 6.07) is 47.4. The van der Waals surface area contributed by atoms with E-state index >= 15 is 0 Å². The molecule has 0 spiro atoms. The number of nitrogens with zero attached hydrogens (tertiary/aromatic N) is 1. The number of hydrogen-bond acceptors (Lipinski definition) is 2. The van der Waals surface area contributed by atoms with E-state index in [2.05, 4.69) is 228 Å². The van der Waals surface area contributed by atoms with E-state index in [9.17, 15) is 0 Å². The van der Waals surface area contributed by atoms with Gasteiger partial charge in [0.05, 0.1) is 20.2 Å². The van der Waals surface area contributed by atoms with Gasteiger partial charge in [0.15, 0.2) is 0 Å². The van der Waals surface area contributed by atoms with Gasteiger partial charge < -0.3 is 10.2 Å². The maximum absolute atomic E-state index is 4.07. The summed E-state index contributed by atoms with van der Waals surface area (Å²) in [7, 11) is -1.04. The lowest BCUT2D eigenvalue weighted by molar-refractivity contribution is 0.569. The minimum atomic E-state index is -1.04. The minimum Gasteiger partial charge on any atom is -0.355 e. The molecule has 0 aromatic heterocycles. The second-order valence-corrected chi connectivity index (χ2v) is 24.8. The molecule has 0 aliphatic heterocycles. The van der Waals surface area contributed by atoms with Crippen LogP contribution in [0, 0.1) is 13.8 Å². The summed E-state index contributed by atoms with van der Waals surface area (Å²) in [6.45, 7) is 32.7. The van der Waals surface area contributed by atoms with Crippen molar-refractivity contribution in [2.24, 2.45) is 0 Å². The quantitative estimate of drug-likeness (QED) is 0.0570. The maximum Gasteiger partial charge on any atom is 0.0648 e. The summed E-state index contributed by atoms with van der Waals surface area (Å²) < 4.78 is 0. The lowest BCUT2D eigenvalue weighted by Gasteiger charge is -2.34. The van der Waals surface area contributed by atoms with Gasteiger partial charge in [0.2, 0.25) is 0 Å². The van der Waals surface area contributed by atoms with Crippen LogP contribution >= 0.6 is 0 Å². The summed E-state index contributed by atoms with van der Waals surface area (Å²) in [5.41, 5.74) is 16.2. The number of unbranched alkanes of at least 4 members (excludes halogenated alkanes) is 3. The Labute approximate surface area is 382 Å². The van der Waals surface area contributed by atoms with Crippen LogP contribution in [0.25, 0.3) is 32.7 Å². The highest BCUT2D eigenvalue weighted by Crippen LogP contribution is 2.50. The van der Waals surface area contributed by atoms with Crippen LogP contribution in [0.4, 0.5) is 28.4 Å². The van der Waals surface area contributed by atoms with Crippen LogP contribution in [0.2, 0.25) is 13.1 Å². The van der Waals surface area contributed by atoms with E-state index in [0.717, 1.165) is 17.8 Å². The van der Waals surface area contributed by atoms with Crippen LogP contribution in [0.1, 0.15) is 128 Å². The SMILES string of the molecule is CCCCCCc1cccc(-c2ccc3c(Nc4cc(C)cc([SiH](C)C)c4)c4ccccc4c(N(c4cc(C)cc(C(C)(C)C)c4)c4cc(C(C)(C)C)cc(C(C)(C)C)c4)c3c2)c1. The largest absolute Gasteiger partial charge is 0.355 e. The van der Waals surface area contributed by atoms with E-state index in [-0.39, 0.29) is 16.2 Å². The molecule has 0 heterocycles. The van der Waals surface area contributed by atoms with Crippen LogP contribution in [-0.4, -0.2) is 8.80 Å². The Morgan fingerprint density at radius 1 is 0.508 bits per heavy atom. The minimum absolute atomic E-state index is 0.0333. The summed E-state index contributed by atoms with van der Waals surface area (Å²) in [5, 5.41) is 10.4. The topological polar surface area (TPSA) is 15.3 Å². The van der Waals surface area contributed by atoms with Crippen molar-refractivity contribution >= 4 is 64.0 Å². The molecule has 0 aliphatic carbocycles. The molecular formula is C60H74N2Si. The lowest BCUT2D eigenvalue weighted by Crippen LogP contribution is -2.23. The highest BCUT2D eigenvalue weighted by molar-refractivity contribution is 6.70. The van der Waals surface area contributed by atoms with E-state index in [1.165, 1.54) is 114 Å². The molecule has 3 heteroatoms. The van der Waals surface area contributed by atoms with Crippen molar-refractivity contribution in [3.63, 3.8) is 0 Å². The Hall–Kier alpha value is -5.12. The molecule has 7 aromatic rings. The summed E-state index contributed by atoms with van der Waals surface area (Å²) in [4.78, 5) is 2.62. The molecule has 1 N–H and O–H groups in total. The van der Waals surface area contributed by atoms with Gasteiger partial charge in [-0.1, -0.05) is 186 Å². The third-order valence-corrected chi connectivity index (χ3v) is 14.6. The summed E-state index contributed by atoms with van der Waals surface area (Å²) >= 11 is 0. The van der Waals surface area contributed by atoms with Crippen LogP contribution in [0.3, 0.4) is 0 Å². The highest BCUT2D eigenvalue weighted by atomic mass is 28.3. The molecule has 0 bridgehead atoms. The van der Waals surface area contributed by atoms with Crippen LogP contribution < -0.4 is 15.4 Å². The van der Waals surface area contributed by atoms with Crippen LogP contribution in [0.15, 0.2) is 121 Å². The van der Waals surface area contributed by atoms with Crippen LogP contribution in [-0.2, 0) is 22.7 Å². The van der Waals surface area contributed by atoms with Gasteiger partial charge in [-0.2, -0.15) is 0 Å². The van der Waals surface area contributed by atoms with E-state index in [0.29, 0.717) is 0 Å². The van der Waals surface area contributed by atoms with Crippen molar-refractivity contribution < 1.29 is 0 Å². The Kier molecular flexibility index (Phi) is 13.2. The smallest absolute Gasteiger partial charge is 0.0648 e. The first-order valence-electron chi connectivity index (χ1n) is 23.8. The molecular weight excluding hydrogens is 777 g/mol. The lowest BCUT2D eigenvalue weighted by atomic mass is 9.80. The third-order valence-electron chi connectivity index (χ3n) is 12.9. The van der Waals surface area contributed by atoms with Crippen molar-refractivity contribution in [2.45, 2.75) is 145 Å². The Bertz CT molecular complexity index is 2720. The molecule has 7 aromatic carbocycles. The van der Waals surface area contributed by atoms with E-state index in [1.54, 1.807) is 0 Å². The first kappa shape index (κ1) is 45.9. The summed E-state index contributed by atoms with van der Waals surface area (Å²) in [5.74, 6) is 0. The predicted molar refractivity (Wildman–Crippen MR) is 283 cm³/mol. The number of hydrogen-bond donors (Lipinski definition) is 1. The molecule has 0 saturated heterocycles. The molecule has 0 amide bonds. The number of nitrogens with one attached hydrogen (secondary N) is 1. The van der Waals surface area contributed by atoms with E-state index in [4.69, 9.17) is 0 Å². The molecule has 0 atom stereocenters. The van der Waals surface area contributed by atoms with Crippen molar-refractivity contribution in [3.05, 3.63) is 155 Å². The van der Waals surface area contributed by atoms with Gasteiger partial charge in [-0.25, -0.2) is 0 Å². The number of fused-ring (bicyclic) bond motifs is 2. The Balaban J connectivity index is 1.61. The van der Waals surface area contributed by atoms with Crippen molar-refractivity contribution in [2.75, 3.05) is 10.2 Å². The molecule has 0 unspecified atom stereocenters. The molecule has 7 rings (SSSR count). The zero-order chi connectivity index (χ0) is 45.4. The number of benzene rings is 7. The van der Waals surface area contributed by atoms with E-state index in [1.807, 2.05) is 0 Å². The average molecular weight is 851 g/mol. The molecule has 0 saturated carbocycles. The van der Waals surface area contributed by atoms with Crippen molar-refractivity contribution in [1.29, 1.82) is 0 Å². The van der Waals surface area contributed by atoms with Gasteiger partial charge in [0, 0.05) is 38.6 Å². The first-order chi connectivity index (χ1) is 29.7.